The van der Waals surface area contributed by atoms with Gasteiger partial charge in [-0.2, -0.15) is 0 Å². The fourth-order valence-corrected chi connectivity index (χ4v) is 1.81. The van der Waals surface area contributed by atoms with E-state index in [1.165, 1.54) is 0 Å². The van der Waals surface area contributed by atoms with Gasteiger partial charge in [0.2, 0.25) is 10.0 Å². The Balaban J connectivity index is 2.21. The molecule has 1 aromatic carbocycles. The molecule has 0 amide bonds. The molecule has 14 heavy (non-hydrogen) atoms. The molecule has 0 saturated carbocycles. The van der Waals surface area contributed by atoms with E-state index in [-0.39, 0.29) is 6.10 Å². The van der Waals surface area contributed by atoms with Crippen LogP contribution in [0.15, 0.2) is 24.3 Å². The third kappa shape index (κ3) is 2.46. The molecule has 4 nitrogen and oxygen atoms in total. The Morgan fingerprint density at radius 2 is 2.21 bits per heavy atom. The van der Waals surface area contributed by atoms with Gasteiger partial charge in [-0.1, -0.05) is 12.1 Å². The predicted octanol–water partition coefficient (Wildman–Crippen LogP) is 1.13. The minimum absolute atomic E-state index is 0.149. The van der Waals surface area contributed by atoms with Crippen LogP contribution in [0.2, 0.25) is 0 Å². The van der Waals surface area contributed by atoms with Gasteiger partial charge in [-0.15, -0.1) is 0 Å². The van der Waals surface area contributed by atoms with Gasteiger partial charge in [0.1, 0.15) is 6.10 Å². The van der Waals surface area contributed by atoms with Crippen LogP contribution in [0.1, 0.15) is 11.7 Å². The van der Waals surface area contributed by atoms with E-state index in [1.54, 1.807) is 12.1 Å². The SMILES string of the molecule is CS(=O)(=O)Nc1cccc(C2CO2)c1. The quantitative estimate of drug-likeness (QED) is 0.766. The first-order chi connectivity index (χ1) is 6.54. The molecule has 0 bridgehead atoms. The van der Waals surface area contributed by atoms with E-state index >= 15 is 0 Å². The summed E-state index contributed by atoms with van der Waals surface area (Å²) in [7, 11) is -3.19. The fraction of sp³-hybridized carbons (Fsp3) is 0.333. The van der Waals surface area contributed by atoms with Crippen LogP contribution in [0.5, 0.6) is 0 Å². The lowest BCUT2D eigenvalue weighted by Gasteiger charge is -2.04. The highest BCUT2D eigenvalue weighted by Gasteiger charge is 2.24. The normalized spacial score (nSPS) is 20.5. The maximum Gasteiger partial charge on any atom is 0.229 e. The zero-order valence-corrected chi connectivity index (χ0v) is 8.54. The highest BCUT2D eigenvalue weighted by Crippen LogP contribution is 2.31. The van der Waals surface area contributed by atoms with E-state index in [0.29, 0.717) is 5.69 Å². The smallest absolute Gasteiger partial charge is 0.229 e. The maximum absolute atomic E-state index is 11.0. The van der Waals surface area contributed by atoms with E-state index in [1.807, 2.05) is 12.1 Å². The van der Waals surface area contributed by atoms with Gasteiger partial charge in [0, 0.05) is 5.69 Å². The average molecular weight is 213 g/mol. The zero-order valence-electron chi connectivity index (χ0n) is 7.73. The summed E-state index contributed by atoms with van der Waals surface area (Å²) in [5.74, 6) is 0. The van der Waals surface area contributed by atoms with Crippen molar-refractivity contribution in [2.24, 2.45) is 0 Å². The van der Waals surface area contributed by atoms with Gasteiger partial charge in [-0.3, -0.25) is 4.72 Å². The molecule has 1 atom stereocenters. The third-order valence-corrected chi connectivity index (χ3v) is 2.50. The van der Waals surface area contributed by atoms with Crippen LogP contribution in [0.3, 0.4) is 0 Å². The Hall–Kier alpha value is -1.07. The number of hydrogen-bond donors (Lipinski definition) is 1. The van der Waals surface area contributed by atoms with Crippen LogP contribution in [-0.4, -0.2) is 21.3 Å². The highest BCUT2D eigenvalue weighted by atomic mass is 32.2. The van der Waals surface area contributed by atoms with E-state index in [4.69, 9.17) is 4.74 Å². The van der Waals surface area contributed by atoms with Crippen molar-refractivity contribution in [3.8, 4) is 0 Å². The molecule has 0 aromatic heterocycles. The van der Waals surface area contributed by atoms with E-state index in [0.717, 1.165) is 18.4 Å². The molecule has 1 unspecified atom stereocenters. The number of nitrogens with one attached hydrogen (secondary N) is 1. The van der Waals surface area contributed by atoms with Crippen LogP contribution in [0.25, 0.3) is 0 Å². The molecule has 1 saturated heterocycles. The van der Waals surface area contributed by atoms with Crippen molar-refractivity contribution in [2.75, 3.05) is 17.6 Å². The Morgan fingerprint density at radius 1 is 1.50 bits per heavy atom. The Labute approximate surface area is 82.9 Å². The van der Waals surface area contributed by atoms with E-state index in [2.05, 4.69) is 4.72 Å². The molecule has 1 aliphatic heterocycles. The van der Waals surface area contributed by atoms with Gasteiger partial charge in [-0.25, -0.2) is 8.42 Å². The number of sulfonamides is 1. The second-order valence-electron chi connectivity index (χ2n) is 3.32. The van der Waals surface area contributed by atoms with Crippen LogP contribution >= 0.6 is 0 Å². The molecule has 76 valence electrons. The lowest BCUT2D eigenvalue weighted by atomic mass is 10.1. The first-order valence-electron chi connectivity index (χ1n) is 4.24. The summed E-state index contributed by atoms with van der Waals surface area (Å²) >= 11 is 0. The summed E-state index contributed by atoms with van der Waals surface area (Å²) in [6.07, 6.45) is 1.28. The summed E-state index contributed by atoms with van der Waals surface area (Å²) in [6.45, 7) is 0.725. The molecular weight excluding hydrogens is 202 g/mol. The molecule has 0 aliphatic carbocycles. The third-order valence-electron chi connectivity index (χ3n) is 1.89. The van der Waals surface area contributed by atoms with Crippen molar-refractivity contribution in [1.82, 2.24) is 0 Å². The average Bonchev–Trinajstić information content (AvgIpc) is 2.83. The topological polar surface area (TPSA) is 58.7 Å². The first kappa shape index (κ1) is 9.48. The fourth-order valence-electron chi connectivity index (χ4n) is 1.26. The first-order valence-corrected chi connectivity index (χ1v) is 6.13. The molecule has 1 aliphatic rings. The summed E-state index contributed by atoms with van der Waals surface area (Å²) in [5, 5.41) is 0. The molecule has 0 spiro atoms. The van der Waals surface area contributed by atoms with Gasteiger partial charge >= 0.3 is 0 Å². The molecule has 0 radical (unpaired) electrons. The summed E-state index contributed by atoms with van der Waals surface area (Å²) in [6, 6.07) is 7.24. The van der Waals surface area contributed by atoms with Gasteiger partial charge in [0.05, 0.1) is 12.9 Å². The van der Waals surface area contributed by atoms with Crippen molar-refractivity contribution < 1.29 is 13.2 Å². The summed E-state index contributed by atoms with van der Waals surface area (Å²) in [5.41, 5.74) is 1.60. The predicted molar refractivity (Wildman–Crippen MR) is 53.6 cm³/mol. The Kier molecular flexibility index (Phi) is 2.20. The van der Waals surface area contributed by atoms with Crippen molar-refractivity contribution in [3.63, 3.8) is 0 Å². The summed E-state index contributed by atoms with van der Waals surface area (Å²) in [4.78, 5) is 0. The van der Waals surface area contributed by atoms with Crippen molar-refractivity contribution in [2.45, 2.75) is 6.10 Å². The number of benzene rings is 1. The van der Waals surface area contributed by atoms with Crippen molar-refractivity contribution in [3.05, 3.63) is 29.8 Å². The van der Waals surface area contributed by atoms with Gasteiger partial charge < -0.3 is 4.74 Å². The highest BCUT2D eigenvalue weighted by molar-refractivity contribution is 7.92. The summed E-state index contributed by atoms with van der Waals surface area (Å²) < 4.78 is 29.4. The number of epoxide rings is 1. The number of rotatable bonds is 3. The minimum Gasteiger partial charge on any atom is -0.368 e. The minimum atomic E-state index is -3.19. The second kappa shape index (κ2) is 3.25. The van der Waals surface area contributed by atoms with Gasteiger partial charge in [-0.05, 0) is 17.7 Å². The number of hydrogen-bond acceptors (Lipinski definition) is 3. The molecule has 1 fully saturated rings. The van der Waals surface area contributed by atoms with Crippen LogP contribution in [0.4, 0.5) is 5.69 Å². The van der Waals surface area contributed by atoms with Gasteiger partial charge in [0.15, 0.2) is 0 Å². The molecule has 2 rings (SSSR count). The maximum atomic E-state index is 11.0. The number of anilines is 1. The largest absolute Gasteiger partial charge is 0.368 e. The number of ether oxygens (including phenoxy) is 1. The van der Waals surface area contributed by atoms with E-state index < -0.39 is 10.0 Å². The second-order valence-corrected chi connectivity index (χ2v) is 5.07. The lowest BCUT2D eigenvalue weighted by Crippen LogP contribution is -2.09. The Bertz CT molecular complexity index is 437. The molecule has 1 heterocycles. The van der Waals surface area contributed by atoms with Crippen LogP contribution in [0, 0.1) is 0 Å². The van der Waals surface area contributed by atoms with Gasteiger partial charge in [0.25, 0.3) is 0 Å². The monoisotopic (exact) mass is 213 g/mol. The van der Waals surface area contributed by atoms with Crippen molar-refractivity contribution >= 4 is 15.7 Å². The van der Waals surface area contributed by atoms with Crippen LogP contribution in [-0.2, 0) is 14.8 Å². The standard InChI is InChI=1S/C9H11NO3S/c1-14(11,12)10-8-4-2-3-7(5-8)9-6-13-9/h2-5,9-10H,6H2,1H3. The molecule has 1 aromatic rings. The van der Waals surface area contributed by atoms with E-state index in [9.17, 15) is 8.42 Å². The molecule has 5 heteroatoms. The molecule has 1 N–H and O–H groups in total. The zero-order chi connectivity index (χ0) is 10.2. The lowest BCUT2D eigenvalue weighted by molar-refractivity contribution is 0.415. The van der Waals surface area contributed by atoms with Crippen molar-refractivity contribution in [1.29, 1.82) is 0 Å². The van der Waals surface area contributed by atoms with Crippen LogP contribution < -0.4 is 4.72 Å². The molecular formula is C9H11NO3S. The Morgan fingerprint density at radius 3 is 2.79 bits per heavy atom.